The first kappa shape index (κ1) is 23.2. The van der Waals surface area contributed by atoms with Crippen molar-refractivity contribution in [2.45, 2.75) is 11.1 Å². The van der Waals surface area contributed by atoms with Crippen molar-refractivity contribution in [2.24, 2.45) is 0 Å². The number of para-hydroxylation sites is 1. The van der Waals surface area contributed by atoms with Crippen LogP contribution in [0.25, 0.3) is 28.7 Å². The lowest BCUT2D eigenvalue weighted by atomic mass is 10.1. The Balaban J connectivity index is 1.87. The predicted molar refractivity (Wildman–Crippen MR) is 112 cm³/mol. The zero-order chi connectivity index (χ0) is 24.7. The van der Waals surface area contributed by atoms with E-state index < -0.39 is 27.5 Å². The Hall–Kier alpha value is -4.00. The minimum absolute atomic E-state index is 0.0156. The van der Waals surface area contributed by atoms with E-state index in [4.69, 9.17) is 4.42 Å². The van der Waals surface area contributed by atoms with E-state index in [9.17, 15) is 26.4 Å². The molecule has 2 aromatic heterocycles. The number of sulfone groups is 1. The van der Waals surface area contributed by atoms with Crippen LogP contribution in [0.4, 0.5) is 13.2 Å². The minimum Gasteiger partial charge on any atom is -0.464 e. The van der Waals surface area contributed by atoms with Gasteiger partial charge in [-0.25, -0.2) is 17.9 Å². The molecular formula is C21H15F3N4O5S. The summed E-state index contributed by atoms with van der Waals surface area (Å²) in [5, 5.41) is 11.7. The number of hydrogen-bond acceptors (Lipinski definition) is 8. The van der Waals surface area contributed by atoms with Gasteiger partial charge < -0.3 is 9.15 Å². The molecule has 13 heteroatoms. The van der Waals surface area contributed by atoms with Crippen molar-refractivity contribution in [1.82, 2.24) is 20.0 Å². The molecule has 9 nitrogen and oxygen atoms in total. The average molecular weight is 492 g/mol. The molecule has 0 fully saturated rings. The molecule has 0 unspecified atom stereocenters. The number of rotatable bonds is 5. The molecular weight excluding hydrogens is 477 g/mol. The maximum absolute atomic E-state index is 13.6. The highest BCUT2D eigenvalue weighted by Gasteiger charge is 2.35. The summed E-state index contributed by atoms with van der Waals surface area (Å²) in [6.45, 7) is 0. The van der Waals surface area contributed by atoms with Gasteiger partial charge in [0.05, 0.1) is 23.3 Å². The summed E-state index contributed by atoms with van der Waals surface area (Å²) in [5.41, 5.74) is -1.49. The molecule has 176 valence electrons. The van der Waals surface area contributed by atoms with Gasteiger partial charge in [0, 0.05) is 17.9 Å². The number of halogens is 3. The van der Waals surface area contributed by atoms with Crippen molar-refractivity contribution in [2.75, 3.05) is 13.4 Å². The van der Waals surface area contributed by atoms with Crippen LogP contribution in [0.15, 0.2) is 63.9 Å². The molecule has 0 bridgehead atoms. The topological polar surface area (TPSA) is 117 Å². The Morgan fingerprint density at radius 3 is 2.41 bits per heavy atom. The Morgan fingerprint density at radius 1 is 1.03 bits per heavy atom. The van der Waals surface area contributed by atoms with Crippen LogP contribution >= 0.6 is 0 Å². The standard InChI is InChI=1S/C21H15F3N4O5S/c1-32-20(29)15-11-17(28(27-15)16-9-4-3-8-14(16)21(22,23)24)19-26-25-18(33-19)12-6-5-7-13(10-12)34(2,30)31/h3-11H,1-2H3. The maximum Gasteiger partial charge on any atom is 0.418 e. The molecule has 0 aliphatic rings. The molecule has 34 heavy (non-hydrogen) atoms. The highest BCUT2D eigenvalue weighted by atomic mass is 32.2. The Labute approximate surface area is 190 Å². The second-order valence-corrected chi connectivity index (χ2v) is 9.06. The number of aromatic nitrogens is 4. The number of alkyl halides is 3. The highest BCUT2D eigenvalue weighted by molar-refractivity contribution is 7.90. The van der Waals surface area contributed by atoms with Crippen molar-refractivity contribution < 1.29 is 35.5 Å². The first-order chi connectivity index (χ1) is 16.0. The fourth-order valence-electron chi connectivity index (χ4n) is 3.12. The number of nitrogens with zero attached hydrogens (tertiary/aromatic N) is 4. The molecule has 0 saturated heterocycles. The molecule has 2 aromatic carbocycles. The van der Waals surface area contributed by atoms with Gasteiger partial charge in [0.2, 0.25) is 5.89 Å². The van der Waals surface area contributed by atoms with E-state index in [1.165, 1.54) is 42.5 Å². The lowest BCUT2D eigenvalue weighted by Crippen LogP contribution is -2.12. The number of benzene rings is 2. The lowest BCUT2D eigenvalue weighted by Gasteiger charge is -2.13. The SMILES string of the molecule is COC(=O)c1cc(-c2nnc(-c3cccc(S(C)(=O)=O)c3)o2)n(-c2ccccc2C(F)(F)F)n1. The Morgan fingerprint density at radius 2 is 1.74 bits per heavy atom. The van der Waals surface area contributed by atoms with Crippen LogP contribution in [0.5, 0.6) is 0 Å². The summed E-state index contributed by atoms with van der Waals surface area (Å²) in [5.74, 6) is -1.22. The van der Waals surface area contributed by atoms with E-state index in [-0.39, 0.29) is 39.3 Å². The first-order valence-electron chi connectivity index (χ1n) is 9.48. The highest BCUT2D eigenvalue weighted by Crippen LogP contribution is 2.36. The molecule has 0 aliphatic carbocycles. The number of hydrogen-bond donors (Lipinski definition) is 0. The number of ether oxygens (including phenoxy) is 1. The van der Waals surface area contributed by atoms with Crippen LogP contribution in [0.3, 0.4) is 0 Å². The second-order valence-electron chi connectivity index (χ2n) is 7.05. The third-order valence-electron chi connectivity index (χ3n) is 4.69. The van der Waals surface area contributed by atoms with Crippen LogP contribution < -0.4 is 0 Å². The van der Waals surface area contributed by atoms with Crippen LogP contribution in [-0.2, 0) is 20.8 Å². The maximum atomic E-state index is 13.6. The number of methoxy groups -OCH3 is 1. The first-order valence-corrected chi connectivity index (χ1v) is 11.4. The zero-order valence-corrected chi connectivity index (χ0v) is 18.4. The molecule has 4 rings (SSSR count). The van der Waals surface area contributed by atoms with Crippen LogP contribution in [0.1, 0.15) is 16.1 Å². The van der Waals surface area contributed by atoms with Crippen molar-refractivity contribution >= 4 is 15.8 Å². The van der Waals surface area contributed by atoms with Gasteiger partial charge in [-0.2, -0.15) is 18.3 Å². The van der Waals surface area contributed by atoms with Gasteiger partial charge in [0.25, 0.3) is 5.89 Å². The predicted octanol–water partition coefficient (Wildman–Crippen LogP) is 3.80. The number of carbonyl (C=O) groups is 1. The van der Waals surface area contributed by atoms with Gasteiger partial charge in [0.15, 0.2) is 15.5 Å². The number of carbonyl (C=O) groups excluding carboxylic acids is 1. The molecule has 2 heterocycles. The Kier molecular flexibility index (Phi) is 5.73. The van der Waals surface area contributed by atoms with Gasteiger partial charge >= 0.3 is 12.1 Å². The van der Waals surface area contributed by atoms with Gasteiger partial charge in [0.1, 0.15) is 5.69 Å². The summed E-state index contributed by atoms with van der Waals surface area (Å²) in [7, 11) is -2.41. The molecule has 0 radical (unpaired) electrons. The Bertz CT molecular complexity index is 1490. The van der Waals surface area contributed by atoms with E-state index in [1.54, 1.807) is 0 Å². The van der Waals surface area contributed by atoms with Gasteiger partial charge in [-0.05, 0) is 30.3 Å². The largest absolute Gasteiger partial charge is 0.464 e. The third-order valence-corrected chi connectivity index (χ3v) is 5.81. The van der Waals surface area contributed by atoms with Gasteiger partial charge in [-0.1, -0.05) is 18.2 Å². The van der Waals surface area contributed by atoms with E-state index in [0.717, 1.165) is 30.2 Å². The van der Waals surface area contributed by atoms with Crippen LogP contribution in [0.2, 0.25) is 0 Å². The van der Waals surface area contributed by atoms with Gasteiger partial charge in [-0.15, -0.1) is 10.2 Å². The molecule has 0 N–H and O–H groups in total. The van der Waals surface area contributed by atoms with Crippen LogP contribution in [-0.4, -0.2) is 47.7 Å². The van der Waals surface area contributed by atoms with E-state index in [0.29, 0.717) is 0 Å². The molecule has 0 spiro atoms. The summed E-state index contributed by atoms with van der Waals surface area (Å²) in [4.78, 5) is 12.1. The lowest BCUT2D eigenvalue weighted by molar-refractivity contribution is -0.137. The molecule has 0 atom stereocenters. The average Bonchev–Trinajstić information content (AvgIpc) is 3.45. The molecule has 0 aliphatic heterocycles. The molecule has 0 saturated carbocycles. The summed E-state index contributed by atoms with van der Waals surface area (Å²) in [6.07, 6.45) is -3.67. The minimum atomic E-state index is -4.71. The van der Waals surface area contributed by atoms with E-state index >= 15 is 0 Å². The summed E-state index contributed by atoms with van der Waals surface area (Å²) in [6, 6.07) is 11.5. The van der Waals surface area contributed by atoms with Crippen molar-refractivity contribution in [3.8, 4) is 28.7 Å². The quantitative estimate of drug-likeness (QED) is 0.386. The smallest absolute Gasteiger partial charge is 0.418 e. The van der Waals surface area contributed by atoms with E-state index in [1.807, 2.05) is 0 Å². The second kappa shape index (κ2) is 8.41. The van der Waals surface area contributed by atoms with Crippen molar-refractivity contribution in [3.63, 3.8) is 0 Å². The van der Waals surface area contributed by atoms with E-state index in [2.05, 4.69) is 20.0 Å². The third kappa shape index (κ3) is 4.41. The van der Waals surface area contributed by atoms with Crippen LogP contribution in [0, 0.1) is 0 Å². The fraction of sp³-hybridized carbons (Fsp3) is 0.143. The van der Waals surface area contributed by atoms with Gasteiger partial charge in [-0.3, -0.25) is 0 Å². The zero-order valence-electron chi connectivity index (χ0n) is 17.6. The van der Waals surface area contributed by atoms with Crippen molar-refractivity contribution in [1.29, 1.82) is 0 Å². The fourth-order valence-corrected chi connectivity index (χ4v) is 3.79. The summed E-state index contributed by atoms with van der Waals surface area (Å²) >= 11 is 0. The monoisotopic (exact) mass is 492 g/mol. The summed E-state index contributed by atoms with van der Waals surface area (Å²) < 4.78 is 75.7. The molecule has 0 amide bonds. The number of esters is 1. The normalized spacial score (nSPS) is 12.0. The van der Waals surface area contributed by atoms with Crippen molar-refractivity contribution in [3.05, 3.63) is 65.9 Å². The molecule has 4 aromatic rings.